The highest BCUT2D eigenvalue weighted by atomic mass is 15.2. The fourth-order valence-electron chi connectivity index (χ4n) is 3.11. The van der Waals surface area contributed by atoms with Crippen molar-refractivity contribution in [2.24, 2.45) is 11.8 Å². The van der Waals surface area contributed by atoms with Crippen LogP contribution in [0.2, 0.25) is 0 Å². The van der Waals surface area contributed by atoms with Crippen LogP contribution in [0.3, 0.4) is 0 Å². The molecule has 1 aliphatic heterocycles. The Kier molecular flexibility index (Phi) is 3.21. The molecular weight excluding hydrogens is 196 g/mol. The molecule has 1 saturated heterocycles. The molecule has 2 atom stereocenters. The lowest BCUT2D eigenvalue weighted by molar-refractivity contribution is 0.166. The van der Waals surface area contributed by atoms with Crippen LogP contribution in [-0.4, -0.2) is 36.6 Å². The Bertz CT molecular complexity index is 227. The Labute approximate surface area is 99.8 Å². The van der Waals surface area contributed by atoms with Gasteiger partial charge in [-0.15, -0.1) is 0 Å². The number of nitrogens with one attached hydrogen (secondary N) is 1. The Balaban J connectivity index is 1.53. The second kappa shape index (κ2) is 4.66. The van der Waals surface area contributed by atoms with Crippen molar-refractivity contribution in [3.05, 3.63) is 0 Å². The molecule has 0 aromatic heterocycles. The molecule has 1 heterocycles. The summed E-state index contributed by atoms with van der Waals surface area (Å²) < 4.78 is 0. The van der Waals surface area contributed by atoms with E-state index in [4.69, 9.17) is 0 Å². The lowest BCUT2D eigenvalue weighted by atomic mass is 10.1. The smallest absolute Gasteiger partial charge is 0.0195 e. The standard InChI is InChI=1S/C14H26N2/c1-11(13-6-7-13)16(9-12-4-5-12)10-14-3-2-8-15-14/h11-15H,2-10H2,1H3. The summed E-state index contributed by atoms with van der Waals surface area (Å²) in [7, 11) is 0. The van der Waals surface area contributed by atoms with E-state index >= 15 is 0 Å². The first-order valence-electron chi connectivity index (χ1n) is 7.30. The third kappa shape index (κ3) is 2.78. The summed E-state index contributed by atoms with van der Waals surface area (Å²) in [6.07, 6.45) is 8.75. The Hall–Kier alpha value is -0.0800. The van der Waals surface area contributed by atoms with E-state index in [1.54, 1.807) is 0 Å². The highest BCUT2D eigenvalue weighted by Gasteiger charge is 2.35. The Morgan fingerprint density at radius 2 is 1.94 bits per heavy atom. The molecule has 1 N–H and O–H groups in total. The van der Waals surface area contributed by atoms with Crippen molar-refractivity contribution < 1.29 is 0 Å². The minimum absolute atomic E-state index is 0.792. The van der Waals surface area contributed by atoms with Gasteiger partial charge in [0.2, 0.25) is 0 Å². The van der Waals surface area contributed by atoms with Gasteiger partial charge >= 0.3 is 0 Å². The van der Waals surface area contributed by atoms with Crippen LogP contribution >= 0.6 is 0 Å². The van der Waals surface area contributed by atoms with Gasteiger partial charge in [0.15, 0.2) is 0 Å². The van der Waals surface area contributed by atoms with Crippen molar-refractivity contribution >= 4 is 0 Å². The van der Waals surface area contributed by atoms with Crippen LogP contribution in [0, 0.1) is 11.8 Å². The largest absolute Gasteiger partial charge is 0.313 e. The predicted octanol–water partition coefficient (Wildman–Crippen LogP) is 2.25. The highest BCUT2D eigenvalue weighted by molar-refractivity contribution is 4.90. The van der Waals surface area contributed by atoms with E-state index in [-0.39, 0.29) is 0 Å². The van der Waals surface area contributed by atoms with Crippen molar-refractivity contribution in [3.8, 4) is 0 Å². The monoisotopic (exact) mass is 222 g/mol. The fraction of sp³-hybridized carbons (Fsp3) is 1.00. The normalized spacial score (nSPS) is 32.2. The molecule has 2 nitrogen and oxygen atoms in total. The van der Waals surface area contributed by atoms with Gasteiger partial charge < -0.3 is 5.32 Å². The zero-order chi connectivity index (χ0) is 11.0. The molecule has 2 heteroatoms. The van der Waals surface area contributed by atoms with Gasteiger partial charge in [-0.25, -0.2) is 0 Å². The molecule has 0 bridgehead atoms. The molecule has 0 amide bonds. The summed E-state index contributed by atoms with van der Waals surface area (Å²) in [6.45, 7) is 6.42. The minimum Gasteiger partial charge on any atom is -0.313 e. The molecule has 0 spiro atoms. The summed E-state index contributed by atoms with van der Waals surface area (Å²) >= 11 is 0. The van der Waals surface area contributed by atoms with Crippen LogP contribution in [0.5, 0.6) is 0 Å². The zero-order valence-corrected chi connectivity index (χ0v) is 10.6. The van der Waals surface area contributed by atoms with Gasteiger partial charge in [0.25, 0.3) is 0 Å². The first-order valence-corrected chi connectivity index (χ1v) is 7.30. The van der Waals surface area contributed by atoms with E-state index in [9.17, 15) is 0 Å². The fourth-order valence-corrected chi connectivity index (χ4v) is 3.11. The van der Waals surface area contributed by atoms with E-state index in [1.165, 1.54) is 58.2 Å². The molecular formula is C14H26N2. The molecule has 2 saturated carbocycles. The molecule has 16 heavy (non-hydrogen) atoms. The average molecular weight is 222 g/mol. The lowest BCUT2D eigenvalue weighted by Gasteiger charge is -2.31. The Morgan fingerprint density at radius 1 is 1.12 bits per heavy atom. The maximum atomic E-state index is 3.65. The first kappa shape index (κ1) is 11.0. The molecule has 3 aliphatic rings. The van der Waals surface area contributed by atoms with Gasteiger partial charge in [0.1, 0.15) is 0 Å². The minimum atomic E-state index is 0.792. The highest BCUT2D eigenvalue weighted by Crippen LogP contribution is 2.37. The summed E-state index contributed by atoms with van der Waals surface area (Å²) in [5.41, 5.74) is 0. The Morgan fingerprint density at radius 3 is 2.50 bits per heavy atom. The number of hydrogen-bond acceptors (Lipinski definition) is 2. The van der Waals surface area contributed by atoms with Crippen LogP contribution in [0.15, 0.2) is 0 Å². The summed E-state index contributed by atoms with van der Waals surface area (Å²) in [5, 5.41) is 3.65. The van der Waals surface area contributed by atoms with Gasteiger partial charge in [-0.1, -0.05) is 0 Å². The van der Waals surface area contributed by atoms with Crippen molar-refractivity contribution in [1.29, 1.82) is 0 Å². The SMILES string of the molecule is CC(C1CC1)N(CC1CC1)CC1CCCN1. The van der Waals surface area contributed by atoms with Crippen LogP contribution < -0.4 is 5.32 Å². The van der Waals surface area contributed by atoms with E-state index in [1.807, 2.05) is 0 Å². The quantitative estimate of drug-likeness (QED) is 0.741. The van der Waals surface area contributed by atoms with Crippen LogP contribution in [0.4, 0.5) is 0 Å². The topological polar surface area (TPSA) is 15.3 Å². The third-order valence-electron chi connectivity index (χ3n) is 4.69. The van der Waals surface area contributed by atoms with Gasteiger partial charge in [-0.2, -0.15) is 0 Å². The molecule has 0 aromatic rings. The van der Waals surface area contributed by atoms with E-state index in [2.05, 4.69) is 17.1 Å². The predicted molar refractivity (Wildman–Crippen MR) is 67.5 cm³/mol. The molecule has 92 valence electrons. The third-order valence-corrected chi connectivity index (χ3v) is 4.69. The van der Waals surface area contributed by atoms with E-state index < -0.39 is 0 Å². The molecule has 3 fully saturated rings. The average Bonchev–Trinajstić information content (AvgIpc) is 3.18. The van der Waals surface area contributed by atoms with Crippen LogP contribution in [-0.2, 0) is 0 Å². The number of rotatable bonds is 6. The van der Waals surface area contributed by atoms with Gasteiger partial charge in [0.05, 0.1) is 0 Å². The summed E-state index contributed by atoms with van der Waals surface area (Å²) in [4.78, 5) is 2.80. The number of nitrogens with zero attached hydrogens (tertiary/aromatic N) is 1. The van der Waals surface area contributed by atoms with Gasteiger partial charge in [-0.05, 0) is 63.8 Å². The lowest BCUT2D eigenvalue weighted by Crippen LogP contribution is -2.44. The van der Waals surface area contributed by atoms with Crippen molar-refractivity contribution in [2.45, 2.75) is 57.5 Å². The molecule has 0 radical (unpaired) electrons. The van der Waals surface area contributed by atoms with Gasteiger partial charge in [-0.3, -0.25) is 4.90 Å². The molecule has 0 aromatic carbocycles. The second-order valence-corrected chi connectivity index (χ2v) is 6.27. The molecule has 2 aliphatic carbocycles. The summed E-state index contributed by atoms with van der Waals surface area (Å²) in [6, 6.07) is 1.64. The van der Waals surface area contributed by atoms with E-state index in [0.717, 1.165) is 23.9 Å². The number of hydrogen-bond donors (Lipinski definition) is 1. The van der Waals surface area contributed by atoms with Crippen LogP contribution in [0.25, 0.3) is 0 Å². The maximum absolute atomic E-state index is 3.65. The summed E-state index contributed by atoms with van der Waals surface area (Å²) in [5.74, 6) is 2.07. The van der Waals surface area contributed by atoms with Gasteiger partial charge in [0, 0.05) is 25.2 Å². The first-order chi connectivity index (χ1) is 7.83. The molecule has 3 rings (SSSR count). The molecule has 2 unspecified atom stereocenters. The van der Waals surface area contributed by atoms with Crippen molar-refractivity contribution in [3.63, 3.8) is 0 Å². The second-order valence-electron chi connectivity index (χ2n) is 6.27. The van der Waals surface area contributed by atoms with E-state index in [0.29, 0.717) is 0 Å². The van der Waals surface area contributed by atoms with Crippen molar-refractivity contribution in [1.82, 2.24) is 10.2 Å². The van der Waals surface area contributed by atoms with Crippen molar-refractivity contribution in [2.75, 3.05) is 19.6 Å². The van der Waals surface area contributed by atoms with Crippen LogP contribution in [0.1, 0.15) is 45.4 Å². The maximum Gasteiger partial charge on any atom is 0.0195 e. The zero-order valence-electron chi connectivity index (χ0n) is 10.6.